The molecule has 1 unspecified atom stereocenters. The van der Waals surface area contributed by atoms with E-state index >= 15 is 0 Å². The summed E-state index contributed by atoms with van der Waals surface area (Å²) in [6, 6.07) is 4.82. The van der Waals surface area contributed by atoms with Gasteiger partial charge in [0.2, 0.25) is 5.84 Å². The van der Waals surface area contributed by atoms with Crippen molar-refractivity contribution in [3.8, 4) is 0 Å². The van der Waals surface area contributed by atoms with Gasteiger partial charge in [0.25, 0.3) is 5.91 Å². The maximum absolute atomic E-state index is 14.2. The number of anilines is 1. The predicted molar refractivity (Wildman–Crippen MR) is 105 cm³/mol. The molecule has 0 bridgehead atoms. The topological polar surface area (TPSA) is 53.0 Å². The number of amides is 3. The van der Waals surface area contributed by atoms with Crippen molar-refractivity contribution in [2.75, 3.05) is 17.3 Å². The monoisotopic (exact) mass is 513 g/mol. The minimum atomic E-state index is -1.05. The average molecular weight is 516 g/mol. The molecule has 25 heavy (non-hydrogen) atoms. The molecule has 1 aliphatic rings. The predicted octanol–water partition coefficient (Wildman–Crippen LogP) is 4.47. The molecule has 1 heterocycles. The first kappa shape index (κ1) is 20.4. The number of aliphatic imine (C=N–C) groups is 1. The molecular formula is C15H12Br2Cl2FN3O2. The highest BCUT2D eigenvalue weighted by Gasteiger charge is 2.45. The molecule has 0 N–H and O–H groups in total. The summed E-state index contributed by atoms with van der Waals surface area (Å²) < 4.78 is 13.2. The summed E-state index contributed by atoms with van der Waals surface area (Å²) in [5.41, 5.74) is -1.15. The summed E-state index contributed by atoms with van der Waals surface area (Å²) in [6.07, 6.45) is 1.38. The van der Waals surface area contributed by atoms with Crippen LogP contribution in [0.15, 0.2) is 41.9 Å². The molecule has 0 aliphatic carbocycles. The molecular weight excluding hydrogens is 504 g/mol. The lowest BCUT2D eigenvalue weighted by molar-refractivity contribution is -0.120. The van der Waals surface area contributed by atoms with Crippen LogP contribution in [-0.2, 0) is 4.79 Å². The lowest BCUT2D eigenvalue weighted by Gasteiger charge is -2.22. The Morgan fingerprint density at radius 3 is 2.56 bits per heavy atom. The van der Waals surface area contributed by atoms with Crippen LogP contribution in [0, 0.1) is 5.82 Å². The Labute approximate surface area is 170 Å². The van der Waals surface area contributed by atoms with Crippen molar-refractivity contribution in [1.29, 1.82) is 0 Å². The highest BCUT2D eigenvalue weighted by Crippen LogP contribution is 2.37. The van der Waals surface area contributed by atoms with Gasteiger partial charge >= 0.3 is 6.03 Å². The molecule has 3 amide bonds. The van der Waals surface area contributed by atoms with E-state index in [-0.39, 0.29) is 23.9 Å². The Balaban J connectivity index is 2.56. The largest absolute Gasteiger partial charge is 0.337 e. The SMILES string of the molecule is C=CCN1C(=O)/C(=N\C(Cl)C(Br)(Br)CCl)N(c2ccccc2F)C1=O. The number of urea groups is 1. The number of hydrogen-bond donors (Lipinski definition) is 0. The quantitative estimate of drug-likeness (QED) is 0.243. The van der Waals surface area contributed by atoms with Crippen LogP contribution < -0.4 is 4.90 Å². The molecule has 2 rings (SSSR count). The molecule has 5 nitrogen and oxygen atoms in total. The number of hydrogen-bond acceptors (Lipinski definition) is 3. The summed E-state index contributed by atoms with van der Waals surface area (Å²) in [6.45, 7) is 3.47. The van der Waals surface area contributed by atoms with E-state index in [0.29, 0.717) is 0 Å². The summed E-state index contributed by atoms with van der Waals surface area (Å²) in [5.74, 6) is -1.66. The van der Waals surface area contributed by atoms with Gasteiger partial charge in [0.1, 0.15) is 9.05 Å². The number of rotatable bonds is 6. The fourth-order valence-electron chi connectivity index (χ4n) is 2.03. The first-order chi connectivity index (χ1) is 11.7. The fraction of sp³-hybridized carbons (Fsp3) is 0.267. The fourth-order valence-corrected chi connectivity index (χ4v) is 2.63. The van der Waals surface area contributed by atoms with Gasteiger partial charge < -0.3 is 0 Å². The molecule has 1 atom stereocenters. The molecule has 0 radical (unpaired) electrons. The number of para-hydroxylation sites is 1. The zero-order chi connectivity index (χ0) is 18.8. The van der Waals surface area contributed by atoms with Crippen LogP contribution in [-0.4, -0.2) is 43.8 Å². The maximum Gasteiger partial charge on any atom is 0.337 e. The Morgan fingerprint density at radius 1 is 1.36 bits per heavy atom. The smallest absolute Gasteiger partial charge is 0.265 e. The van der Waals surface area contributed by atoms with Gasteiger partial charge in [0, 0.05) is 6.54 Å². The van der Waals surface area contributed by atoms with Crippen LogP contribution in [0.5, 0.6) is 0 Å². The van der Waals surface area contributed by atoms with Crippen LogP contribution in [0.3, 0.4) is 0 Å². The summed E-state index contributed by atoms with van der Waals surface area (Å²) in [7, 11) is 0. The summed E-state index contributed by atoms with van der Waals surface area (Å²) in [4.78, 5) is 31.1. The number of nitrogens with zero attached hydrogens (tertiary/aromatic N) is 3. The molecule has 1 fully saturated rings. The summed E-state index contributed by atoms with van der Waals surface area (Å²) >= 11 is 18.5. The van der Waals surface area contributed by atoms with E-state index in [9.17, 15) is 14.0 Å². The van der Waals surface area contributed by atoms with Gasteiger partial charge in [-0.05, 0) is 12.1 Å². The molecule has 0 aromatic heterocycles. The van der Waals surface area contributed by atoms with Gasteiger partial charge in [0.15, 0.2) is 5.50 Å². The third kappa shape index (κ3) is 4.07. The number of carbonyl (C=O) groups is 2. The van der Waals surface area contributed by atoms with Crippen LogP contribution >= 0.6 is 55.1 Å². The number of imide groups is 1. The van der Waals surface area contributed by atoms with Crippen molar-refractivity contribution in [1.82, 2.24) is 4.90 Å². The van der Waals surface area contributed by atoms with Gasteiger partial charge in [-0.3, -0.25) is 9.69 Å². The molecule has 1 aliphatic heterocycles. The highest BCUT2D eigenvalue weighted by atomic mass is 79.9. The second-order valence-corrected chi connectivity index (χ2v) is 9.53. The number of amidine groups is 1. The number of carbonyl (C=O) groups excluding carboxylic acids is 2. The van der Waals surface area contributed by atoms with Crippen molar-refractivity contribution in [3.05, 3.63) is 42.7 Å². The standard InChI is InChI=1S/C15H12Br2Cl2FN3O2/c1-2-7-22-12(24)11(21-13(19)15(16,17)8-18)23(14(22)25)10-6-4-3-5-9(10)20/h2-6,13H,1,7-8H2/b21-11+. The van der Waals surface area contributed by atoms with Crippen LogP contribution in [0.25, 0.3) is 0 Å². The van der Waals surface area contributed by atoms with Crippen LogP contribution in [0.1, 0.15) is 0 Å². The molecule has 1 aromatic carbocycles. The Hall–Kier alpha value is -0.960. The van der Waals surface area contributed by atoms with Crippen molar-refractivity contribution >= 4 is 78.5 Å². The Bertz CT molecular complexity index is 745. The normalized spacial score (nSPS) is 18.2. The first-order valence-corrected chi connectivity index (χ1v) is 9.47. The van der Waals surface area contributed by atoms with Crippen molar-refractivity contribution in [2.45, 2.75) is 8.73 Å². The zero-order valence-corrected chi connectivity index (χ0v) is 17.3. The van der Waals surface area contributed by atoms with Gasteiger partial charge in [0.05, 0.1) is 11.6 Å². The molecule has 1 aromatic rings. The van der Waals surface area contributed by atoms with Gasteiger partial charge in [-0.15, -0.1) is 18.2 Å². The Morgan fingerprint density at radius 2 is 2.00 bits per heavy atom. The minimum absolute atomic E-state index is 0.0240. The van der Waals surface area contributed by atoms with Crippen molar-refractivity contribution in [3.63, 3.8) is 0 Å². The number of benzene rings is 1. The van der Waals surface area contributed by atoms with Gasteiger partial charge in [-0.25, -0.2) is 19.1 Å². The van der Waals surface area contributed by atoms with E-state index in [1.54, 1.807) is 6.07 Å². The van der Waals surface area contributed by atoms with Gasteiger partial charge in [-0.2, -0.15) is 0 Å². The third-order valence-electron chi connectivity index (χ3n) is 3.24. The van der Waals surface area contributed by atoms with E-state index in [1.165, 1.54) is 24.3 Å². The van der Waals surface area contributed by atoms with E-state index < -0.39 is 26.5 Å². The van der Waals surface area contributed by atoms with E-state index in [4.69, 9.17) is 23.2 Å². The van der Waals surface area contributed by atoms with E-state index in [0.717, 1.165) is 9.80 Å². The third-order valence-corrected chi connectivity index (χ3v) is 6.73. The first-order valence-electron chi connectivity index (χ1n) is 6.91. The van der Waals surface area contributed by atoms with Crippen LogP contribution in [0.2, 0.25) is 0 Å². The minimum Gasteiger partial charge on any atom is -0.265 e. The molecule has 0 spiro atoms. The highest BCUT2D eigenvalue weighted by molar-refractivity contribution is 9.25. The number of halogens is 5. The number of alkyl halides is 4. The maximum atomic E-state index is 14.2. The van der Waals surface area contributed by atoms with Crippen LogP contribution in [0.4, 0.5) is 14.9 Å². The molecule has 10 heteroatoms. The second-order valence-electron chi connectivity index (χ2n) is 4.96. The molecule has 0 saturated carbocycles. The lowest BCUT2D eigenvalue weighted by atomic mass is 10.3. The van der Waals surface area contributed by atoms with E-state index in [1.807, 2.05) is 0 Å². The Kier molecular flexibility index (Phi) is 6.64. The zero-order valence-electron chi connectivity index (χ0n) is 12.6. The second kappa shape index (κ2) is 8.16. The summed E-state index contributed by atoms with van der Waals surface area (Å²) in [5, 5.41) is 0. The van der Waals surface area contributed by atoms with Gasteiger partial charge in [-0.1, -0.05) is 61.7 Å². The molecule has 1 saturated heterocycles. The van der Waals surface area contributed by atoms with Crippen molar-refractivity contribution < 1.29 is 14.0 Å². The van der Waals surface area contributed by atoms with Crippen molar-refractivity contribution in [2.24, 2.45) is 4.99 Å². The van der Waals surface area contributed by atoms with E-state index in [2.05, 4.69) is 43.4 Å². The average Bonchev–Trinajstić information content (AvgIpc) is 2.80. The lowest BCUT2D eigenvalue weighted by Crippen LogP contribution is -2.35. The molecule has 134 valence electrons.